The number of carboxylic acid groups (broad SMARTS) is 2. The molecular formula is C24H36N4O7S. The van der Waals surface area contributed by atoms with E-state index in [4.69, 9.17) is 10.8 Å². The van der Waals surface area contributed by atoms with Gasteiger partial charge in [0.05, 0.1) is 12.5 Å². The molecule has 3 amide bonds. The molecule has 0 aliphatic heterocycles. The van der Waals surface area contributed by atoms with Gasteiger partial charge < -0.3 is 31.9 Å². The van der Waals surface area contributed by atoms with Crippen molar-refractivity contribution in [2.45, 2.75) is 63.7 Å². The van der Waals surface area contributed by atoms with E-state index in [1.807, 2.05) is 36.6 Å². The van der Waals surface area contributed by atoms with Gasteiger partial charge in [0.2, 0.25) is 17.7 Å². The number of nitrogens with two attached hydrogens (primary N) is 1. The Balaban J connectivity index is 2.97. The Kier molecular flexibility index (Phi) is 13.6. The highest BCUT2D eigenvalue weighted by molar-refractivity contribution is 7.98. The molecule has 200 valence electrons. The highest BCUT2D eigenvalue weighted by Gasteiger charge is 2.33. The normalized spacial score (nSPS) is 15.0. The number of benzene rings is 1. The van der Waals surface area contributed by atoms with Crippen LogP contribution >= 0.6 is 11.8 Å². The average Bonchev–Trinajstić information content (AvgIpc) is 2.83. The number of hydrogen-bond donors (Lipinski definition) is 6. The second-order valence-electron chi connectivity index (χ2n) is 8.51. The van der Waals surface area contributed by atoms with Crippen molar-refractivity contribution >= 4 is 41.4 Å². The summed E-state index contributed by atoms with van der Waals surface area (Å²) in [6.07, 6.45) is 2.07. The van der Waals surface area contributed by atoms with Gasteiger partial charge in [-0.2, -0.15) is 11.8 Å². The van der Waals surface area contributed by atoms with Gasteiger partial charge in [-0.15, -0.1) is 0 Å². The molecule has 0 aromatic heterocycles. The minimum atomic E-state index is -1.65. The van der Waals surface area contributed by atoms with Crippen molar-refractivity contribution < 1.29 is 34.2 Å². The summed E-state index contributed by atoms with van der Waals surface area (Å²) in [6, 6.07) is 4.55. The zero-order valence-corrected chi connectivity index (χ0v) is 21.5. The van der Waals surface area contributed by atoms with Gasteiger partial charge in [-0.1, -0.05) is 50.6 Å². The SMILES string of the molecule is CCC(C)C(NC(=O)C(CCSC)NC(=O)C(N)Cc1ccccc1)C(=O)NC(CC(=O)O)C(=O)O. The van der Waals surface area contributed by atoms with Gasteiger partial charge in [0.1, 0.15) is 18.1 Å². The summed E-state index contributed by atoms with van der Waals surface area (Å²) >= 11 is 1.48. The quantitative estimate of drug-likeness (QED) is 0.177. The highest BCUT2D eigenvalue weighted by atomic mass is 32.2. The van der Waals surface area contributed by atoms with Crippen LogP contribution in [0.1, 0.15) is 38.7 Å². The Bertz CT molecular complexity index is 900. The largest absolute Gasteiger partial charge is 0.481 e. The fraction of sp³-hybridized carbons (Fsp3) is 0.542. The van der Waals surface area contributed by atoms with E-state index in [-0.39, 0.29) is 12.8 Å². The Labute approximate surface area is 215 Å². The second-order valence-corrected chi connectivity index (χ2v) is 9.49. The van der Waals surface area contributed by atoms with E-state index in [1.165, 1.54) is 11.8 Å². The maximum absolute atomic E-state index is 13.1. The first-order valence-corrected chi connectivity index (χ1v) is 13.0. The number of aliphatic carboxylic acids is 2. The summed E-state index contributed by atoms with van der Waals surface area (Å²) in [5.74, 6) is -4.69. The number of carbonyl (C=O) groups excluding carboxylic acids is 3. The molecule has 0 aliphatic carbocycles. The van der Waals surface area contributed by atoms with Crippen molar-refractivity contribution in [3.63, 3.8) is 0 Å². The summed E-state index contributed by atoms with van der Waals surface area (Å²) in [7, 11) is 0. The fourth-order valence-corrected chi connectivity index (χ4v) is 3.81. The van der Waals surface area contributed by atoms with E-state index < -0.39 is 66.2 Å². The summed E-state index contributed by atoms with van der Waals surface area (Å²) in [5, 5.41) is 25.6. The van der Waals surface area contributed by atoms with Gasteiger partial charge in [0, 0.05) is 0 Å². The van der Waals surface area contributed by atoms with Crippen molar-refractivity contribution in [1.82, 2.24) is 16.0 Å². The van der Waals surface area contributed by atoms with E-state index >= 15 is 0 Å². The van der Waals surface area contributed by atoms with Gasteiger partial charge >= 0.3 is 11.9 Å². The van der Waals surface area contributed by atoms with Crippen LogP contribution in [0, 0.1) is 5.92 Å². The fourth-order valence-electron chi connectivity index (χ4n) is 3.34. The topological polar surface area (TPSA) is 188 Å². The van der Waals surface area contributed by atoms with Crippen LogP contribution in [0.15, 0.2) is 30.3 Å². The number of carbonyl (C=O) groups is 5. The van der Waals surface area contributed by atoms with Crippen LogP contribution < -0.4 is 21.7 Å². The van der Waals surface area contributed by atoms with E-state index in [0.29, 0.717) is 12.2 Å². The van der Waals surface area contributed by atoms with Crippen LogP contribution in [-0.2, 0) is 30.4 Å². The molecular weight excluding hydrogens is 488 g/mol. The molecule has 1 aromatic carbocycles. The number of rotatable bonds is 16. The lowest BCUT2D eigenvalue weighted by atomic mass is 9.97. The molecule has 7 N–H and O–H groups in total. The van der Waals surface area contributed by atoms with Gasteiger partial charge in [-0.25, -0.2) is 4.79 Å². The van der Waals surface area contributed by atoms with E-state index in [0.717, 1.165) is 5.56 Å². The smallest absolute Gasteiger partial charge is 0.326 e. The molecule has 1 aromatic rings. The Hall–Kier alpha value is -3.12. The molecule has 0 saturated carbocycles. The molecule has 12 heteroatoms. The van der Waals surface area contributed by atoms with E-state index in [9.17, 15) is 29.1 Å². The third-order valence-corrected chi connectivity index (χ3v) is 6.31. The van der Waals surface area contributed by atoms with Crippen LogP contribution in [-0.4, -0.2) is 76.0 Å². The zero-order valence-electron chi connectivity index (χ0n) is 20.7. The number of nitrogens with one attached hydrogen (secondary N) is 3. The summed E-state index contributed by atoms with van der Waals surface area (Å²) in [5.41, 5.74) is 6.92. The van der Waals surface area contributed by atoms with Crippen LogP contribution in [0.4, 0.5) is 0 Å². The van der Waals surface area contributed by atoms with Gasteiger partial charge in [-0.3, -0.25) is 19.2 Å². The average molecular weight is 525 g/mol. The molecule has 5 atom stereocenters. The minimum absolute atomic E-state index is 0.279. The maximum atomic E-state index is 13.1. The molecule has 36 heavy (non-hydrogen) atoms. The van der Waals surface area contributed by atoms with Crippen molar-refractivity contribution in [3.05, 3.63) is 35.9 Å². The number of amides is 3. The molecule has 5 unspecified atom stereocenters. The molecule has 0 spiro atoms. The third-order valence-electron chi connectivity index (χ3n) is 5.67. The van der Waals surface area contributed by atoms with Gasteiger partial charge in [0.15, 0.2) is 0 Å². The Morgan fingerprint density at radius 1 is 0.944 bits per heavy atom. The van der Waals surface area contributed by atoms with Crippen LogP contribution in [0.3, 0.4) is 0 Å². The monoisotopic (exact) mass is 524 g/mol. The van der Waals surface area contributed by atoms with E-state index in [1.54, 1.807) is 13.8 Å². The molecule has 11 nitrogen and oxygen atoms in total. The summed E-state index contributed by atoms with van der Waals surface area (Å²) in [6.45, 7) is 3.49. The number of hydrogen-bond acceptors (Lipinski definition) is 7. The minimum Gasteiger partial charge on any atom is -0.481 e. The summed E-state index contributed by atoms with van der Waals surface area (Å²) < 4.78 is 0. The molecule has 0 radical (unpaired) electrons. The third kappa shape index (κ3) is 10.6. The Morgan fingerprint density at radius 2 is 1.56 bits per heavy atom. The van der Waals surface area contributed by atoms with Crippen molar-refractivity contribution in [2.24, 2.45) is 11.7 Å². The first kappa shape index (κ1) is 30.9. The molecule has 0 heterocycles. The Morgan fingerprint density at radius 3 is 2.08 bits per heavy atom. The lowest BCUT2D eigenvalue weighted by Crippen LogP contribution is -2.59. The zero-order chi connectivity index (χ0) is 27.3. The van der Waals surface area contributed by atoms with Crippen molar-refractivity contribution in [1.29, 1.82) is 0 Å². The maximum Gasteiger partial charge on any atom is 0.326 e. The molecule has 0 saturated heterocycles. The number of thioether (sulfide) groups is 1. The molecule has 0 fully saturated rings. The molecule has 0 bridgehead atoms. The predicted octanol–water partition coefficient (Wildman–Crippen LogP) is 0.369. The van der Waals surface area contributed by atoms with Gasteiger partial charge in [0.25, 0.3) is 0 Å². The van der Waals surface area contributed by atoms with Crippen LogP contribution in [0.2, 0.25) is 0 Å². The highest BCUT2D eigenvalue weighted by Crippen LogP contribution is 2.11. The molecule has 1 rings (SSSR count). The predicted molar refractivity (Wildman–Crippen MR) is 136 cm³/mol. The first-order chi connectivity index (χ1) is 17.0. The van der Waals surface area contributed by atoms with Crippen LogP contribution in [0.25, 0.3) is 0 Å². The second kappa shape index (κ2) is 15.8. The van der Waals surface area contributed by atoms with Crippen LogP contribution in [0.5, 0.6) is 0 Å². The summed E-state index contributed by atoms with van der Waals surface area (Å²) in [4.78, 5) is 61.0. The standard InChI is InChI=1S/C24H36N4O7S/c1-4-14(2)20(23(33)27-18(24(34)35)13-19(29)30)28-22(32)17(10-11-36-3)26-21(31)16(25)12-15-8-6-5-7-9-15/h5-9,14,16-18,20H,4,10-13,25H2,1-3H3,(H,26,31)(H,27,33)(H,28,32)(H,29,30)(H,34,35). The number of carboxylic acids is 2. The van der Waals surface area contributed by atoms with Crippen molar-refractivity contribution in [3.8, 4) is 0 Å². The lowest BCUT2D eigenvalue weighted by Gasteiger charge is -2.28. The van der Waals surface area contributed by atoms with Gasteiger partial charge in [-0.05, 0) is 36.3 Å². The first-order valence-electron chi connectivity index (χ1n) is 11.6. The van der Waals surface area contributed by atoms with E-state index in [2.05, 4.69) is 16.0 Å². The lowest BCUT2D eigenvalue weighted by molar-refractivity contribution is -0.147. The van der Waals surface area contributed by atoms with Crippen molar-refractivity contribution in [2.75, 3.05) is 12.0 Å². The molecule has 0 aliphatic rings.